The number of aromatic nitrogens is 1. The molecule has 1 aromatic heterocycles. The molecular formula is C23H24N2O. The Labute approximate surface area is 154 Å². The topological polar surface area (TPSA) is 25.2 Å². The van der Waals surface area contributed by atoms with Crippen molar-refractivity contribution in [3.05, 3.63) is 70.4 Å². The third-order valence-electron chi connectivity index (χ3n) is 6.09. The van der Waals surface area contributed by atoms with Gasteiger partial charge in [-0.15, -0.1) is 0 Å². The Hall–Kier alpha value is -2.55. The SMILES string of the molecule is Cc1ccc(C(=O)N2CCn3c4c(c5cc(C)ccc53)CCC[C@@H]42)cc1. The Morgan fingerprint density at radius 2 is 1.77 bits per heavy atom. The van der Waals surface area contributed by atoms with E-state index in [1.807, 2.05) is 24.3 Å². The van der Waals surface area contributed by atoms with E-state index >= 15 is 0 Å². The summed E-state index contributed by atoms with van der Waals surface area (Å²) < 4.78 is 2.48. The molecule has 1 aliphatic heterocycles. The number of aryl methyl sites for hydroxylation is 3. The summed E-state index contributed by atoms with van der Waals surface area (Å²) in [5.74, 6) is 0.176. The molecule has 1 amide bonds. The number of fused-ring (bicyclic) bond motifs is 3. The summed E-state index contributed by atoms with van der Waals surface area (Å²) in [5.41, 5.74) is 7.52. The van der Waals surface area contributed by atoms with E-state index in [4.69, 9.17) is 0 Å². The minimum absolute atomic E-state index is 0.176. The second kappa shape index (κ2) is 5.73. The van der Waals surface area contributed by atoms with Gasteiger partial charge in [-0.25, -0.2) is 0 Å². The van der Waals surface area contributed by atoms with E-state index in [0.717, 1.165) is 37.9 Å². The lowest BCUT2D eigenvalue weighted by Gasteiger charge is -2.40. The van der Waals surface area contributed by atoms with Crippen molar-refractivity contribution >= 4 is 16.8 Å². The summed E-state index contributed by atoms with van der Waals surface area (Å²) in [6.07, 6.45) is 3.35. The highest BCUT2D eigenvalue weighted by Crippen LogP contribution is 2.43. The number of hydrogen-bond acceptors (Lipinski definition) is 1. The Balaban J connectivity index is 1.61. The van der Waals surface area contributed by atoms with Crippen molar-refractivity contribution in [2.45, 2.75) is 45.7 Å². The highest BCUT2D eigenvalue weighted by Gasteiger charge is 2.37. The monoisotopic (exact) mass is 344 g/mol. The molecule has 0 unspecified atom stereocenters. The average molecular weight is 344 g/mol. The highest BCUT2D eigenvalue weighted by atomic mass is 16.2. The Kier molecular flexibility index (Phi) is 3.46. The Morgan fingerprint density at radius 3 is 2.58 bits per heavy atom. The van der Waals surface area contributed by atoms with Gasteiger partial charge in [-0.1, -0.05) is 29.3 Å². The molecule has 0 saturated heterocycles. The van der Waals surface area contributed by atoms with Gasteiger partial charge < -0.3 is 9.47 Å². The van der Waals surface area contributed by atoms with Crippen LogP contribution in [0, 0.1) is 13.8 Å². The first-order valence-corrected chi connectivity index (χ1v) is 9.63. The first-order chi connectivity index (χ1) is 12.6. The maximum Gasteiger partial charge on any atom is 0.254 e. The molecule has 3 aromatic rings. The molecule has 2 aliphatic rings. The fraction of sp³-hybridized carbons (Fsp3) is 0.348. The van der Waals surface area contributed by atoms with Crippen molar-refractivity contribution in [3.63, 3.8) is 0 Å². The van der Waals surface area contributed by atoms with Crippen LogP contribution in [0.15, 0.2) is 42.5 Å². The third-order valence-corrected chi connectivity index (χ3v) is 6.09. The molecule has 0 N–H and O–H groups in total. The fourth-order valence-electron chi connectivity index (χ4n) is 4.82. The summed E-state index contributed by atoms with van der Waals surface area (Å²) in [5, 5.41) is 1.40. The summed E-state index contributed by atoms with van der Waals surface area (Å²) in [7, 11) is 0. The fourth-order valence-corrected chi connectivity index (χ4v) is 4.82. The normalized spacial score (nSPS) is 18.8. The molecule has 0 radical (unpaired) electrons. The first-order valence-electron chi connectivity index (χ1n) is 9.63. The van der Waals surface area contributed by atoms with Crippen molar-refractivity contribution in [3.8, 4) is 0 Å². The van der Waals surface area contributed by atoms with Crippen molar-refractivity contribution in [2.24, 2.45) is 0 Å². The second-order valence-corrected chi connectivity index (χ2v) is 7.81. The summed E-state index contributed by atoms with van der Waals surface area (Å²) >= 11 is 0. The van der Waals surface area contributed by atoms with Crippen molar-refractivity contribution in [2.75, 3.05) is 6.54 Å². The average Bonchev–Trinajstić information content (AvgIpc) is 2.97. The molecule has 3 heteroatoms. The third kappa shape index (κ3) is 2.23. The van der Waals surface area contributed by atoms with Gasteiger partial charge in [0.25, 0.3) is 5.91 Å². The number of hydrogen-bond donors (Lipinski definition) is 0. The van der Waals surface area contributed by atoms with Crippen LogP contribution in [0.3, 0.4) is 0 Å². The molecule has 2 aromatic carbocycles. The van der Waals surface area contributed by atoms with Gasteiger partial charge in [0, 0.05) is 35.2 Å². The standard InChI is InChI=1S/C23H24N2O/c1-15-6-9-17(10-7-15)23(26)25-13-12-24-20-11-8-16(2)14-19(20)18-4-3-5-21(25)22(18)24/h6-11,14,21H,3-5,12-13H2,1-2H3/t21-/m0/s1. The molecule has 3 nitrogen and oxygen atoms in total. The maximum absolute atomic E-state index is 13.2. The van der Waals surface area contributed by atoms with E-state index in [2.05, 4.69) is 41.5 Å². The van der Waals surface area contributed by atoms with E-state index < -0.39 is 0 Å². The van der Waals surface area contributed by atoms with E-state index in [1.54, 1.807) is 0 Å². The van der Waals surface area contributed by atoms with Crippen LogP contribution in [0.25, 0.3) is 10.9 Å². The number of nitrogens with zero attached hydrogens (tertiary/aromatic N) is 2. The van der Waals surface area contributed by atoms with Crippen molar-refractivity contribution < 1.29 is 4.79 Å². The largest absolute Gasteiger partial charge is 0.341 e. The number of amides is 1. The second-order valence-electron chi connectivity index (χ2n) is 7.81. The number of carbonyl (C=O) groups excluding carboxylic acids is 1. The van der Waals surface area contributed by atoms with Crippen LogP contribution < -0.4 is 0 Å². The predicted molar refractivity (Wildman–Crippen MR) is 105 cm³/mol. The summed E-state index contributed by atoms with van der Waals surface area (Å²) in [6, 6.07) is 15.0. The van der Waals surface area contributed by atoms with Crippen LogP contribution in [-0.2, 0) is 13.0 Å². The lowest BCUT2D eigenvalue weighted by atomic mass is 9.89. The van der Waals surface area contributed by atoms with E-state index in [9.17, 15) is 4.79 Å². The van der Waals surface area contributed by atoms with E-state index in [-0.39, 0.29) is 11.9 Å². The maximum atomic E-state index is 13.2. The zero-order chi connectivity index (χ0) is 17.8. The van der Waals surface area contributed by atoms with Gasteiger partial charge in [-0.3, -0.25) is 4.79 Å². The quantitative estimate of drug-likeness (QED) is 0.623. The number of benzene rings is 2. The Bertz CT molecular complexity index is 1010. The van der Waals surface area contributed by atoms with E-state index in [0.29, 0.717) is 0 Å². The summed E-state index contributed by atoms with van der Waals surface area (Å²) in [4.78, 5) is 15.3. The number of rotatable bonds is 1. The van der Waals surface area contributed by atoms with E-state index in [1.165, 1.54) is 33.3 Å². The molecule has 0 spiro atoms. The molecule has 1 atom stereocenters. The molecule has 5 rings (SSSR count). The Morgan fingerprint density at radius 1 is 1.00 bits per heavy atom. The van der Waals surface area contributed by atoms with Crippen LogP contribution >= 0.6 is 0 Å². The van der Waals surface area contributed by atoms with Crippen LogP contribution in [0.2, 0.25) is 0 Å². The smallest absolute Gasteiger partial charge is 0.254 e. The van der Waals surface area contributed by atoms with Crippen LogP contribution in [0.1, 0.15) is 51.6 Å². The van der Waals surface area contributed by atoms with Gasteiger partial charge in [0.15, 0.2) is 0 Å². The molecule has 1 aliphatic carbocycles. The summed E-state index contributed by atoms with van der Waals surface area (Å²) in [6.45, 7) is 5.91. The van der Waals surface area contributed by atoms with Gasteiger partial charge in [0.2, 0.25) is 0 Å². The van der Waals surface area contributed by atoms with Gasteiger partial charge >= 0.3 is 0 Å². The van der Waals surface area contributed by atoms with Crippen LogP contribution in [0.4, 0.5) is 0 Å². The van der Waals surface area contributed by atoms with Crippen LogP contribution in [-0.4, -0.2) is 21.9 Å². The van der Waals surface area contributed by atoms with Gasteiger partial charge in [-0.2, -0.15) is 0 Å². The molecule has 2 heterocycles. The molecule has 0 bridgehead atoms. The number of carbonyl (C=O) groups is 1. The van der Waals surface area contributed by atoms with Gasteiger partial charge in [0.1, 0.15) is 0 Å². The van der Waals surface area contributed by atoms with Gasteiger partial charge in [-0.05, 0) is 62.9 Å². The molecule has 0 saturated carbocycles. The zero-order valence-electron chi connectivity index (χ0n) is 15.5. The zero-order valence-corrected chi connectivity index (χ0v) is 15.5. The molecule has 26 heavy (non-hydrogen) atoms. The van der Waals surface area contributed by atoms with Crippen molar-refractivity contribution in [1.82, 2.24) is 9.47 Å². The minimum atomic E-state index is 0.176. The molecular weight excluding hydrogens is 320 g/mol. The minimum Gasteiger partial charge on any atom is -0.341 e. The highest BCUT2D eigenvalue weighted by molar-refractivity contribution is 5.95. The lowest BCUT2D eigenvalue weighted by Crippen LogP contribution is -2.43. The first kappa shape index (κ1) is 15.7. The molecule has 132 valence electrons. The predicted octanol–water partition coefficient (Wildman–Crippen LogP) is 4.79. The van der Waals surface area contributed by atoms with Crippen molar-refractivity contribution in [1.29, 1.82) is 0 Å². The van der Waals surface area contributed by atoms with Gasteiger partial charge in [0.05, 0.1) is 6.04 Å². The molecule has 0 fully saturated rings. The lowest BCUT2D eigenvalue weighted by molar-refractivity contribution is 0.0601. The van der Waals surface area contributed by atoms with Crippen LogP contribution in [0.5, 0.6) is 0 Å².